The van der Waals surface area contributed by atoms with Crippen molar-refractivity contribution < 1.29 is 13.9 Å². The summed E-state index contributed by atoms with van der Waals surface area (Å²) in [7, 11) is 0. The number of hydrogen-bond donors (Lipinski definition) is 1. The number of amides is 1. The number of nitrogens with one attached hydrogen (secondary N) is 1. The van der Waals surface area contributed by atoms with Crippen molar-refractivity contribution in [1.82, 2.24) is 4.98 Å². The monoisotopic (exact) mass is 420 g/mol. The minimum absolute atomic E-state index is 0.0299. The van der Waals surface area contributed by atoms with E-state index in [-0.39, 0.29) is 18.3 Å². The van der Waals surface area contributed by atoms with Gasteiger partial charge in [-0.1, -0.05) is 46.3 Å². The SMILES string of the molecule is O=C(COc1ccc(Br)cc1F)Nc1ncc(Cc2ccccc2)s1. The van der Waals surface area contributed by atoms with Gasteiger partial charge in [-0.15, -0.1) is 11.3 Å². The number of carbonyl (C=O) groups excluding carboxylic acids is 1. The van der Waals surface area contributed by atoms with Gasteiger partial charge in [0.2, 0.25) is 0 Å². The average molecular weight is 421 g/mol. The number of ether oxygens (including phenoxy) is 1. The van der Waals surface area contributed by atoms with E-state index in [1.165, 1.54) is 29.0 Å². The molecule has 0 fully saturated rings. The third kappa shape index (κ3) is 5.11. The maximum absolute atomic E-state index is 13.6. The van der Waals surface area contributed by atoms with Crippen molar-refractivity contribution in [3.63, 3.8) is 0 Å². The molecule has 0 unspecified atom stereocenters. The van der Waals surface area contributed by atoms with Crippen molar-refractivity contribution in [2.45, 2.75) is 6.42 Å². The molecular weight excluding hydrogens is 407 g/mol. The molecule has 0 atom stereocenters. The number of aromatic nitrogens is 1. The van der Waals surface area contributed by atoms with Crippen molar-refractivity contribution in [2.75, 3.05) is 11.9 Å². The lowest BCUT2D eigenvalue weighted by atomic mass is 10.1. The van der Waals surface area contributed by atoms with Gasteiger partial charge in [-0.25, -0.2) is 9.37 Å². The molecule has 1 N–H and O–H groups in total. The Hall–Kier alpha value is -2.25. The molecule has 0 aliphatic carbocycles. The molecule has 3 aromatic rings. The molecule has 1 amide bonds. The zero-order valence-corrected chi connectivity index (χ0v) is 15.4. The van der Waals surface area contributed by atoms with Gasteiger partial charge in [-0.2, -0.15) is 0 Å². The second-order valence-electron chi connectivity index (χ2n) is 5.21. The highest BCUT2D eigenvalue weighted by Crippen LogP contribution is 2.23. The van der Waals surface area contributed by atoms with Gasteiger partial charge in [0.05, 0.1) is 0 Å². The molecule has 0 radical (unpaired) electrons. The van der Waals surface area contributed by atoms with Crippen LogP contribution in [0.15, 0.2) is 59.2 Å². The molecule has 0 aliphatic heterocycles. The maximum Gasteiger partial charge on any atom is 0.264 e. The van der Waals surface area contributed by atoms with Crippen LogP contribution in [0.4, 0.5) is 9.52 Å². The Morgan fingerprint density at radius 3 is 2.80 bits per heavy atom. The first-order valence-electron chi connectivity index (χ1n) is 7.46. The van der Waals surface area contributed by atoms with Crippen molar-refractivity contribution >= 4 is 38.3 Å². The summed E-state index contributed by atoms with van der Waals surface area (Å²) in [6.45, 7) is -0.286. The van der Waals surface area contributed by atoms with Gasteiger partial charge in [0, 0.05) is 22.0 Å². The zero-order valence-electron chi connectivity index (χ0n) is 13.0. The Morgan fingerprint density at radius 1 is 1.24 bits per heavy atom. The number of thiazole rings is 1. The summed E-state index contributed by atoms with van der Waals surface area (Å²) >= 11 is 4.57. The molecule has 1 aromatic heterocycles. The number of hydrogen-bond acceptors (Lipinski definition) is 4. The largest absolute Gasteiger partial charge is 0.481 e. The molecule has 0 bridgehead atoms. The average Bonchev–Trinajstić information content (AvgIpc) is 3.02. The molecule has 0 aliphatic rings. The van der Waals surface area contributed by atoms with Crippen LogP contribution in [0.5, 0.6) is 5.75 Å². The summed E-state index contributed by atoms with van der Waals surface area (Å²) < 4.78 is 19.4. The molecule has 25 heavy (non-hydrogen) atoms. The van der Waals surface area contributed by atoms with E-state index in [0.29, 0.717) is 9.60 Å². The topological polar surface area (TPSA) is 51.2 Å². The summed E-state index contributed by atoms with van der Waals surface area (Å²) in [5.41, 5.74) is 1.18. The van der Waals surface area contributed by atoms with Gasteiger partial charge < -0.3 is 4.74 Å². The summed E-state index contributed by atoms with van der Waals surface area (Å²) in [6.07, 6.45) is 2.50. The molecule has 1 heterocycles. The fourth-order valence-corrected chi connectivity index (χ4v) is 3.33. The summed E-state index contributed by atoms with van der Waals surface area (Å²) in [5, 5.41) is 3.16. The van der Waals surface area contributed by atoms with Crippen molar-refractivity contribution in [3.8, 4) is 5.75 Å². The second-order valence-corrected chi connectivity index (χ2v) is 7.24. The van der Waals surface area contributed by atoms with E-state index in [1.54, 1.807) is 12.3 Å². The van der Waals surface area contributed by atoms with Gasteiger partial charge in [-0.3, -0.25) is 10.1 Å². The third-order valence-corrected chi connectivity index (χ3v) is 4.68. The number of benzene rings is 2. The smallest absolute Gasteiger partial charge is 0.264 e. The highest BCUT2D eigenvalue weighted by atomic mass is 79.9. The third-order valence-electron chi connectivity index (χ3n) is 3.27. The van der Waals surface area contributed by atoms with Crippen LogP contribution in [-0.2, 0) is 11.2 Å². The first-order chi connectivity index (χ1) is 12.1. The molecular formula is C18H14BrFN2O2S. The quantitative estimate of drug-likeness (QED) is 0.630. The normalized spacial score (nSPS) is 10.5. The molecule has 7 heteroatoms. The predicted molar refractivity (Wildman–Crippen MR) is 99.6 cm³/mol. The fraction of sp³-hybridized carbons (Fsp3) is 0.111. The van der Waals surface area contributed by atoms with Crippen LogP contribution in [0.25, 0.3) is 0 Å². The van der Waals surface area contributed by atoms with Crippen LogP contribution in [0, 0.1) is 5.82 Å². The molecule has 3 rings (SSSR count). The van der Waals surface area contributed by atoms with Gasteiger partial charge in [0.1, 0.15) is 0 Å². The van der Waals surface area contributed by atoms with Crippen LogP contribution < -0.4 is 10.1 Å². The standard InChI is InChI=1S/C18H14BrFN2O2S/c19-13-6-7-16(15(20)9-13)24-11-17(23)22-18-21-10-14(25-18)8-12-4-2-1-3-5-12/h1-7,9-10H,8,11H2,(H,21,22,23). The minimum Gasteiger partial charge on any atom is -0.481 e. The summed E-state index contributed by atoms with van der Waals surface area (Å²) in [4.78, 5) is 17.2. The first kappa shape index (κ1) is 17.6. The van der Waals surface area contributed by atoms with E-state index in [2.05, 4.69) is 26.2 Å². The first-order valence-corrected chi connectivity index (χ1v) is 9.07. The number of nitrogens with zero attached hydrogens (tertiary/aromatic N) is 1. The Morgan fingerprint density at radius 2 is 2.04 bits per heavy atom. The van der Waals surface area contributed by atoms with Crippen LogP contribution in [-0.4, -0.2) is 17.5 Å². The predicted octanol–water partition coefficient (Wildman–Crippen LogP) is 4.65. The van der Waals surface area contributed by atoms with Gasteiger partial charge >= 0.3 is 0 Å². The summed E-state index contributed by atoms with van der Waals surface area (Å²) in [6, 6.07) is 14.4. The minimum atomic E-state index is -0.526. The van der Waals surface area contributed by atoms with Gasteiger partial charge in [-0.05, 0) is 23.8 Å². The number of anilines is 1. The Labute approximate surface area is 156 Å². The summed E-state index contributed by atoms with van der Waals surface area (Å²) in [5.74, 6) is -0.883. The van der Waals surface area contributed by atoms with E-state index < -0.39 is 5.82 Å². The van der Waals surface area contributed by atoms with Crippen LogP contribution >= 0.6 is 27.3 Å². The molecule has 128 valence electrons. The van der Waals surface area contributed by atoms with E-state index in [4.69, 9.17) is 4.74 Å². The van der Waals surface area contributed by atoms with Crippen molar-refractivity contribution in [2.24, 2.45) is 0 Å². The van der Waals surface area contributed by atoms with Crippen LogP contribution in [0.2, 0.25) is 0 Å². The lowest BCUT2D eigenvalue weighted by molar-refractivity contribution is -0.118. The van der Waals surface area contributed by atoms with E-state index in [1.807, 2.05) is 30.3 Å². The van der Waals surface area contributed by atoms with E-state index in [0.717, 1.165) is 11.3 Å². The zero-order chi connectivity index (χ0) is 17.6. The van der Waals surface area contributed by atoms with Gasteiger partial charge in [0.15, 0.2) is 23.3 Å². The van der Waals surface area contributed by atoms with Crippen LogP contribution in [0.1, 0.15) is 10.4 Å². The Bertz CT molecular complexity index is 871. The molecule has 0 saturated heterocycles. The van der Waals surface area contributed by atoms with Gasteiger partial charge in [0.25, 0.3) is 5.91 Å². The van der Waals surface area contributed by atoms with Crippen molar-refractivity contribution in [1.29, 1.82) is 0 Å². The van der Waals surface area contributed by atoms with E-state index in [9.17, 15) is 9.18 Å². The molecule has 4 nitrogen and oxygen atoms in total. The highest BCUT2D eigenvalue weighted by Gasteiger charge is 2.10. The highest BCUT2D eigenvalue weighted by molar-refractivity contribution is 9.10. The maximum atomic E-state index is 13.6. The van der Waals surface area contributed by atoms with Crippen LogP contribution in [0.3, 0.4) is 0 Å². The lowest BCUT2D eigenvalue weighted by Gasteiger charge is -2.07. The Kier molecular flexibility index (Phi) is 5.78. The number of carbonyl (C=O) groups is 1. The Balaban J connectivity index is 1.53. The van der Waals surface area contributed by atoms with E-state index >= 15 is 0 Å². The van der Waals surface area contributed by atoms with Crippen molar-refractivity contribution in [3.05, 3.63) is 75.5 Å². The lowest BCUT2D eigenvalue weighted by Crippen LogP contribution is -2.20. The molecule has 2 aromatic carbocycles. The molecule has 0 saturated carbocycles. The number of halogens is 2. The fourth-order valence-electron chi connectivity index (χ4n) is 2.13. The second kappa shape index (κ2) is 8.22. The molecule has 0 spiro atoms. The number of rotatable bonds is 6.